The number of hydrogen-bond acceptors (Lipinski definition) is 6. The maximum atomic E-state index is 14.8. The first-order valence-electron chi connectivity index (χ1n) is 9.90. The molecule has 1 saturated heterocycles. The van der Waals surface area contributed by atoms with Crippen LogP contribution in [-0.4, -0.2) is 33.3 Å². The van der Waals surface area contributed by atoms with Gasteiger partial charge in [0.15, 0.2) is 5.82 Å². The van der Waals surface area contributed by atoms with Crippen LogP contribution in [-0.2, 0) is 0 Å². The van der Waals surface area contributed by atoms with Crippen LogP contribution in [0.1, 0.15) is 41.1 Å². The quantitative estimate of drug-likeness (QED) is 0.517. The average Bonchev–Trinajstić information content (AvgIpc) is 3.12. The fourth-order valence-electron chi connectivity index (χ4n) is 3.72. The lowest BCUT2D eigenvalue weighted by Crippen LogP contribution is -2.27. The second-order valence-corrected chi connectivity index (χ2v) is 7.62. The summed E-state index contributed by atoms with van der Waals surface area (Å²) < 4.78 is 14.8. The van der Waals surface area contributed by atoms with Gasteiger partial charge in [0.25, 0.3) is 0 Å². The molecular formula is C21H26FN7. The molecule has 0 bridgehead atoms. The molecule has 0 radical (unpaired) electrons. The minimum Gasteiger partial charge on any atom is -0.323 e. The summed E-state index contributed by atoms with van der Waals surface area (Å²) >= 11 is 0. The zero-order valence-corrected chi connectivity index (χ0v) is 16.9. The summed E-state index contributed by atoms with van der Waals surface area (Å²) in [6.07, 6.45) is 3.77. The molecule has 0 unspecified atom stereocenters. The van der Waals surface area contributed by atoms with Crippen molar-refractivity contribution in [2.45, 2.75) is 39.5 Å². The van der Waals surface area contributed by atoms with Crippen LogP contribution < -0.4 is 16.0 Å². The highest BCUT2D eigenvalue weighted by Crippen LogP contribution is 2.32. The Kier molecular flexibility index (Phi) is 5.44. The third-order valence-corrected chi connectivity index (χ3v) is 5.31. The van der Waals surface area contributed by atoms with Crippen LogP contribution >= 0.6 is 0 Å². The first-order chi connectivity index (χ1) is 14.0. The molecule has 0 aliphatic carbocycles. The Labute approximate surface area is 169 Å². The van der Waals surface area contributed by atoms with Gasteiger partial charge >= 0.3 is 0 Å². The second kappa shape index (κ2) is 8.16. The summed E-state index contributed by atoms with van der Waals surface area (Å²) in [5.74, 6) is 1.74. The van der Waals surface area contributed by atoms with Crippen LogP contribution in [0.4, 0.5) is 27.7 Å². The van der Waals surface area contributed by atoms with E-state index in [4.69, 9.17) is 0 Å². The van der Waals surface area contributed by atoms with Gasteiger partial charge in [0.05, 0.1) is 5.69 Å². The molecule has 4 N–H and O–H groups in total. The molecule has 1 aliphatic rings. The molecule has 2 aromatic heterocycles. The molecule has 0 spiro atoms. The summed E-state index contributed by atoms with van der Waals surface area (Å²) in [4.78, 5) is 8.79. The number of aromatic nitrogens is 4. The van der Waals surface area contributed by atoms with E-state index in [1.165, 1.54) is 0 Å². The van der Waals surface area contributed by atoms with Crippen molar-refractivity contribution in [2.24, 2.45) is 0 Å². The molecule has 0 saturated carbocycles. The number of rotatable bonds is 5. The molecule has 1 fully saturated rings. The van der Waals surface area contributed by atoms with Crippen molar-refractivity contribution in [2.75, 3.05) is 23.7 Å². The number of nitrogens with one attached hydrogen (secondary N) is 4. The van der Waals surface area contributed by atoms with Gasteiger partial charge in [-0.05, 0) is 75.9 Å². The van der Waals surface area contributed by atoms with E-state index in [0.717, 1.165) is 48.3 Å². The van der Waals surface area contributed by atoms with E-state index in [0.29, 0.717) is 29.2 Å². The van der Waals surface area contributed by atoms with Crippen molar-refractivity contribution in [3.63, 3.8) is 0 Å². The summed E-state index contributed by atoms with van der Waals surface area (Å²) in [6, 6.07) is 5.39. The van der Waals surface area contributed by atoms with Crippen LogP contribution in [0.3, 0.4) is 0 Å². The number of anilines is 4. The minimum atomic E-state index is -0.286. The molecule has 0 atom stereocenters. The predicted molar refractivity (Wildman–Crippen MR) is 113 cm³/mol. The van der Waals surface area contributed by atoms with Gasteiger partial charge < -0.3 is 16.0 Å². The van der Waals surface area contributed by atoms with E-state index in [1.54, 1.807) is 12.3 Å². The first-order valence-corrected chi connectivity index (χ1v) is 9.90. The molecular weight excluding hydrogens is 369 g/mol. The Balaban J connectivity index is 1.55. The van der Waals surface area contributed by atoms with E-state index in [-0.39, 0.29) is 5.82 Å². The molecule has 29 heavy (non-hydrogen) atoms. The summed E-state index contributed by atoms with van der Waals surface area (Å²) in [7, 11) is 0. The SMILES string of the molecule is Cc1cc(Nc2nc(Nc3cc(C)c(C4CCNCC4)cc3F)ncc2C)n[nH]1. The summed E-state index contributed by atoms with van der Waals surface area (Å²) in [5, 5.41) is 16.6. The van der Waals surface area contributed by atoms with Gasteiger partial charge in [-0.2, -0.15) is 10.1 Å². The molecule has 1 aromatic carbocycles. The summed E-state index contributed by atoms with van der Waals surface area (Å²) in [5.41, 5.74) is 4.37. The number of nitrogens with zero attached hydrogens (tertiary/aromatic N) is 3. The van der Waals surface area contributed by atoms with E-state index in [9.17, 15) is 4.39 Å². The monoisotopic (exact) mass is 395 g/mol. The molecule has 8 heteroatoms. The Bertz CT molecular complexity index is 1010. The lowest BCUT2D eigenvalue weighted by Gasteiger charge is -2.25. The molecule has 7 nitrogen and oxygen atoms in total. The second-order valence-electron chi connectivity index (χ2n) is 7.62. The van der Waals surface area contributed by atoms with Gasteiger partial charge in [-0.15, -0.1) is 0 Å². The van der Waals surface area contributed by atoms with Gasteiger partial charge in [0.2, 0.25) is 5.95 Å². The maximum absolute atomic E-state index is 14.8. The van der Waals surface area contributed by atoms with Crippen LogP contribution in [0.15, 0.2) is 24.4 Å². The predicted octanol–water partition coefficient (Wildman–Crippen LogP) is 4.22. The number of piperidine rings is 1. The Morgan fingerprint density at radius 3 is 2.55 bits per heavy atom. The third-order valence-electron chi connectivity index (χ3n) is 5.31. The molecule has 3 aromatic rings. The van der Waals surface area contributed by atoms with E-state index in [2.05, 4.69) is 36.1 Å². The normalized spacial score (nSPS) is 14.8. The average molecular weight is 395 g/mol. The van der Waals surface area contributed by atoms with Crippen LogP contribution in [0.25, 0.3) is 0 Å². The smallest absolute Gasteiger partial charge is 0.229 e. The Morgan fingerprint density at radius 2 is 1.83 bits per heavy atom. The highest BCUT2D eigenvalue weighted by atomic mass is 19.1. The fraction of sp³-hybridized carbons (Fsp3) is 0.381. The number of aromatic amines is 1. The van der Waals surface area contributed by atoms with E-state index >= 15 is 0 Å². The number of halogens is 1. The lowest BCUT2D eigenvalue weighted by atomic mass is 9.87. The number of H-pyrrole nitrogens is 1. The molecule has 1 aliphatic heterocycles. The van der Waals surface area contributed by atoms with Gasteiger partial charge in [0, 0.05) is 23.5 Å². The maximum Gasteiger partial charge on any atom is 0.229 e. The zero-order chi connectivity index (χ0) is 20.4. The van der Waals surface area contributed by atoms with Gasteiger partial charge in [-0.3, -0.25) is 5.10 Å². The molecule has 0 amide bonds. The van der Waals surface area contributed by atoms with E-state index in [1.807, 2.05) is 32.9 Å². The number of benzene rings is 1. The van der Waals surface area contributed by atoms with Crippen molar-refractivity contribution in [3.05, 3.63) is 52.6 Å². The first kappa shape index (κ1) is 19.3. The van der Waals surface area contributed by atoms with Crippen molar-refractivity contribution in [3.8, 4) is 0 Å². The largest absolute Gasteiger partial charge is 0.323 e. The third kappa shape index (κ3) is 4.37. The van der Waals surface area contributed by atoms with Crippen LogP contribution in [0, 0.1) is 26.6 Å². The topological polar surface area (TPSA) is 90.6 Å². The minimum absolute atomic E-state index is 0.286. The Morgan fingerprint density at radius 1 is 1.03 bits per heavy atom. The van der Waals surface area contributed by atoms with Gasteiger partial charge in [0.1, 0.15) is 11.6 Å². The van der Waals surface area contributed by atoms with Crippen molar-refractivity contribution in [1.29, 1.82) is 0 Å². The lowest BCUT2D eigenvalue weighted by molar-refractivity contribution is 0.457. The number of hydrogen-bond donors (Lipinski definition) is 4. The van der Waals surface area contributed by atoms with Crippen molar-refractivity contribution in [1.82, 2.24) is 25.5 Å². The summed E-state index contributed by atoms with van der Waals surface area (Å²) in [6.45, 7) is 7.83. The molecule has 3 heterocycles. The van der Waals surface area contributed by atoms with Crippen molar-refractivity contribution < 1.29 is 4.39 Å². The van der Waals surface area contributed by atoms with Gasteiger partial charge in [-0.25, -0.2) is 9.37 Å². The van der Waals surface area contributed by atoms with Crippen molar-refractivity contribution >= 4 is 23.3 Å². The zero-order valence-electron chi connectivity index (χ0n) is 16.9. The van der Waals surface area contributed by atoms with Gasteiger partial charge in [-0.1, -0.05) is 0 Å². The standard InChI is InChI=1S/C21H26FN7/c1-12-8-18(17(22)10-16(12)15-4-6-23-7-5-15)25-21-24-11-13(2)20(27-21)26-19-9-14(3)28-29-19/h8-11,15,23H,4-7H2,1-3H3,(H3,24,25,26,27,28,29). The Hall–Kier alpha value is -3.00. The fourth-order valence-corrected chi connectivity index (χ4v) is 3.72. The number of aryl methyl sites for hydroxylation is 3. The highest BCUT2D eigenvalue weighted by Gasteiger charge is 2.19. The molecule has 152 valence electrons. The highest BCUT2D eigenvalue weighted by molar-refractivity contribution is 5.61. The van der Waals surface area contributed by atoms with Crippen LogP contribution in [0.5, 0.6) is 0 Å². The van der Waals surface area contributed by atoms with Crippen LogP contribution in [0.2, 0.25) is 0 Å². The van der Waals surface area contributed by atoms with E-state index < -0.39 is 0 Å². The molecule has 4 rings (SSSR count).